The van der Waals surface area contributed by atoms with Gasteiger partial charge in [0.25, 0.3) is 11.8 Å². The van der Waals surface area contributed by atoms with Crippen molar-refractivity contribution in [3.63, 3.8) is 0 Å². The molecule has 0 unspecified atom stereocenters. The molecule has 4 aromatic carbocycles. The van der Waals surface area contributed by atoms with Crippen LogP contribution in [0.3, 0.4) is 0 Å². The van der Waals surface area contributed by atoms with E-state index >= 15 is 0 Å². The Kier molecular flexibility index (Phi) is 5.35. The number of nitrogens with one attached hydrogen (secondary N) is 2. The maximum atomic E-state index is 12.9. The lowest BCUT2D eigenvalue weighted by atomic mass is 10.0. The van der Waals surface area contributed by atoms with Crippen LogP contribution in [0.2, 0.25) is 0 Å². The van der Waals surface area contributed by atoms with Gasteiger partial charge in [-0.2, -0.15) is 0 Å². The summed E-state index contributed by atoms with van der Waals surface area (Å²) in [6, 6.07) is 21.4. The fourth-order valence-electron chi connectivity index (χ4n) is 3.46. The van der Waals surface area contributed by atoms with Gasteiger partial charge in [0.2, 0.25) is 0 Å². The molecule has 30 heavy (non-hydrogen) atoms. The monoisotopic (exact) mass is 397 g/mol. The molecule has 0 spiro atoms. The van der Waals surface area contributed by atoms with E-state index in [0.717, 1.165) is 17.2 Å². The van der Waals surface area contributed by atoms with Crippen molar-refractivity contribution >= 4 is 39.0 Å². The molecule has 0 saturated carbocycles. The van der Waals surface area contributed by atoms with Gasteiger partial charge in [-0.25, -0.2) is 0 Å². The third-order valence-electron chi connectivity index (χ3n) is 5.02. The van der Waals surface area contributed by atoms with E-state index in [2.05, 4.69) is 10.6 Å². The quantitative estimate of drug-likeness (QED) is 0.522. The molecular formula is C25H21N2O3-. The molecular weight excluding hydrogens is 376 g/mol. The second-order valence-corrected chi connectivity index (χ2v) is 7.15. The molecule has 0 aliphatic rings. The van der Waals surface area contributed by atoms with E-state index in [1.165, 1.54) is 6.07 Å². The molecule has 2 amide bonds. The van der Waals surface area contributed by atoms with Crippen LogP contribution in [-0.4, -0.2) is 18.4 Å². The molecule has 5 nitrogen and oxygen atoms in total. The van der Waals surface area contributed by atoms with Crippen LogP contribution in [0.15, 0.2) is 72.8 Å². The fraction of sp³-hybridized carbons (Fsp3) is 0.120. The molecule has 0 aromatic heterocycles. The zero-order valence-corrected chi connectivity index (χ0v) is 16.6. The molecule has 0 fully saturated rings. The van der Waals surface area contributed by atoms with E-state index in [1.807, 2.05) is 49.4 Å². The van der Waals surface area contributed by atoms with Crippen LogP contribution in [0.1, 0.15) is 34.1 Å². The SMILES string of the molecule is CCCNC(=O)c1ccc2cc([O-])c(C(=O)Nc3cccc4ccccc34)cc2c1. The van der Waals surface area contributed by atoms with Crippen molar-refractivity contribution in [2.45, 2.75) is 13.3 Å². The number of benzene rings is 4. The summed E-state index contributed by atoms with van der Waals surface area (Å²) in [5.74, 6) is -1.01. The van der Waals surface area contributed by atoms with Crippen molar-refractivity contribution in [3.8, 4) is 5.75 Å². The highest BCUT2D eigenvalue weighted by atomic mass is 16.3. The highest BCUT2D eigenvalue weighted by molar-refractivity contribution is 6.12. The van der Waals surface area contributed by atoms with E-state index in [-0.39, 0.29) is 17.2 Å². The molecule has 0 bridgehead atoms. The van der Waals surface area contributed by atoms with Gasteiger partial charge in [0.05, 0.1) is 0 Å². The molecule has 2 N–H and O–H groups in total. The van der Waals surface area contributed by atoms with Gasteiger partial charge in [0.1, 0.15) is 0 Å². The summed E-state index contributed by atoms with van der Waals surface area (Å²) < 4.78 is 0. The summed E-state index contributed by atoms with van der Waals surface area (Å²) >= 11 is 0. The number of hydrogen-bond acceptors (Lipinski definition) is 3. The Bertz CT molecular complexity index is 1260. The minimum Gasteiger partial charge on any atom is -0.872 e. The van der Waals surface area contributed by atoms with Gasteiger partial charge >= 0.3 is 0 Å². The van der Waals surface area contributed by atoms with Gasteiger partial charge in [-0.3, -0.25) is 9.59 Å². The zero-order valence-electron chi connectivity index (χ0n) is 16.6. The summed E-state index contributed by atoms with van der Waals surface area (Å²) in [5, 5.41) is 21.5. The predicted octanol–water partition coefficient (Wildman–Crippen LogP) is 4.46. The average molecular weight is 397 g/mol. The Balaban J connectivity index is 1.67. The number of anilines is 1. The van der Waals surface area contributed by atoms with Crippen molar-refractivity contribution in [3.05, 3.63) is 83.9 Å². The maximum absolute atomic E-state index is 12.9. The van der Waals surface area contributed by atoms with Gasteiger partial charge in [-0.1, -0.05) is 61.2 Å². The van der Waals surface area contributed by atoms with Crippen LogP contribution >= 0.6 is 0 Å². The molecule has 150 valence electrons. The Morgan fingerprint density at radius 1 is 0.833 bits per heavy atom. The van der Waals surface area contributed by atoms with Gasteiger partial charge in [-0.05, 0) is 46.8 Å². The van der Waals surface area contributed by atoms with Crippen LogP contribution in [0.25, 0.3) is 21.5 Å². The fourth-order valence-corrected chi connectivity index (χ4v) is 3.46. The van der Waals surface area contributed by atoms with Gasteiger partial charge in [0, 0.05) is 28.7 Å². The Morgan fingerprint density at radius 2 is 1.63 bits per heavy atom. The maximum Gasteiger partial charge on any atom is 0.255 e. The minimum absolute atomic E-state index is 0.0431. The summed E-state index contributed by atoms with van der Waals surface area (Å²) in [6.45, 7) is 2.58. The summed E-state index contributed by atoms with van der Waals surface area (Å²) in [7, 11) is 0. The highest BCUT2D eigenvalue weighted by Crippen LogP contribution is 2.27. The number of amides is 2. The third-order valence-corrected chi connectivity index (χ3v) is 5.02. The van der Waals surface area contributed by atoms with E-state index < -0.39 is 5.91 Å². The van der Waals surface area contributed by atoms with Crippen LogP contribution < -0.4 is 15.7 Å². The summed E-state index contributed by atoms with van der Waals surface area (Å²) in [5.41, 5.74) is 1.18. The topological polar surface area (TPSA) is 81.3 Å². The van der Waals surface area contributed by atoms with E-state index in [0.29, 0.717) is 28.6 Å². The molecule has 0 atom stereocenters. The normalized spacial score (nSPS) is 10.8. The minimum atomic E-state index is -0.473. The first kappa shape index (κ1) is 19.5. The molecule has 0 saturated heterocycles. The van der Waals surface area contributed by atoms with E-state index in [1.54, 1.807) is 24.3 Å². The second kappa shape index (κ2) is 8.25. The highest BCUT2D eigenvalue weighted by Gasteiger charge is 2.12. The zero-order chi connectivity index (χ0) is 21.1. The van der Waals surface area contributed by atoms with Crippen molar-refractivity contribution in [1.82, 2.24) is 5.32 Å². The predicted molar refractivity (Wildman–Crippen MR) is 118 cm³/mol. The lowest BCUT2D eigenvalue weighted by Gasteiger charge is -2.16. The van der Waals surface area contributed by atoms with Crippen LogP contribution in [0.4, 0.5) is 5.69 Å². The molecule has 0 radical (unpaired) electrons. The van der Waals surface area contributed by atoms with Gasteiger partial charge in [0.15, 0.2) is 0 Å². The Labute approximate surface area is 174 Å². The van der Waals surface area contributed by atoms with Crippen molar-refractivity contribution < 1.29 is 14.7 Å². The van der Waals surface area contributed by atoms with Gasteiger partial charge in [-0.15, -0.1) is 0 Å². The Morgan fingerprint density at radius 3 is 2.47 bits per heavy atom. The molecule has 5 heteroatoms. The molecule has 4 aromatic rings. The lowest BCUT2D eigenvalue weighted by molar-refractivity contribution is -0.268. The largest absolute Gasteiger partial charge is 0.872 e. The molecule has 0 heterocycles. The number of carbonyl (C=O) groups is 2. The average Bonchev–Trinajstić information content (AvgIpc) is 2.77. The summed E-state index contributed by atoms with van der Waals surface area (Å²) in [4.78, 5) is 25.1. The van der Waals surface area contributed by atoms with Crippen LogP contribution in [0.5, 0.6) is 5.75 Å². The summed E-state index contributed by atoms with van der Waals surface area (Å²) in [6.07, 6.45) is 0.845. The lowest BCUT2D eigenvalue weighted by Crippen LogP contribution is -2.23. The van der Waals surface area contributed by atoms with Crippen molar-refractivity contribution in [2.75, 3.05) is 11.9 Å². The standard InChI is InChI=1S/C25H22N2O3/c1-2-12-26-24(29)18-11-10-17-15-23(28)21(14-19(17)13-18)25(30)27-22-9-5-7-16-6-3-4-8-20(16)22/h3-11,13-15,28H,2,12H2,1H3,(H,26,29)(H,27,30)/p-1. The molecule has 4 rings (SSSR count). The van der Waals surface area contributed by atoms with Gasteiger partial charge < -0.3 is 15.7 Å². The van der Waals surface area contributed by atoms with Crippen molar-refractivity contribution in [1.29, 1.82) is 0 Å². The van der Waals surface area contributed by atoms with Crippen LogP contribution in [-0.2, 0) is 0 Å². The first-order valence-corrected chi connectivity index (χ1v) is 9.89. The smallest absolute Gasteiger partial charge is 0.255 e. The molecule has 0 aliphatic heterocycles. The first-order chi connectivity index (χ1) is 14.6. The van der Waals surface area contributed by atoms with E-state index in [4.69, 9.17) is 0 Å². The molecule has 0 aliphatic carbocycles. The number of carbonyl (C=O) groups excluding carboxylic acids is 2. The van der Waals surface area contributed by atoms with Crippen LogP contribution in [0, 0.1) is 0 Å². The third kappa shape index (κ3) is 3.82. The number of fused-ring (bicyclic) bond motifs is 2. The number of rotatable bonds is 5. The van der Waals surface area contributed by atoms with E-state index in [9.17, 15) is 14.7 Å². The Hall–Kier alpha value is -3.86. The second-order valence-electron chi connectivity index (χ2n) is 7.15. The first-order valence-electron chi connectivity index (χ1n) is 9.89. The number of hydrogen-bond donors (Lipinski definition) is 2. The van der Waals surface area contributed by atoms with Crippen molar-refractivity contribution in [2.24, 2.45) is 0 Å².